The molecule has 0 aromatic heterocycles. The highest BCUT2D eigenvalue weighted by molar-refractivity contribution is 5.96. The van der Waals surface area contributed by atoms with Crippen molar-refractivity contribution in [2.45, 2.75) is 38.0 Å². The van der Waals surface area contributed by atoms with Gasteiger partial charge in [-0.3, -0.25) is 9.59 Å². The normalized spacial score (nSPS) is 20.3. The van der Waals surface area contributed by atoms with E-state index in [-0.39, 0.29) is 6.04 Å². The lowest BCUT2D eigenvalue weighted by Crippen LogP contribution is -2.49. The first kappa shape index (κ1) is 21.0. The summed E-state index contributed by atoms with van der Waals surface area (Å²) < 4.78 is 38.4. The summed E-state index contributed by atoms with van der Waals surface area (Å²) in [7, 11) is 1.89. The number of amides is 2. The molecular weight excluding hydrogens is 409 g/mol. The molecule has 1 fully saturated rings. The van der Waals surface area contributed by atoms with Gasteiger partial charge >= 0.3 is 12.1 Å². The zero-order valence-electron chi connectivity index (χ0n) is 17.2. The fraction of sp³-hybridized carbons (Fsp3) is 0.364. The number of piperidine rings is 1. The number of nitrogens with one attached hydrogen (secondary N) is 1. The van der Waals surface area contributed by atoms with Gasteiger partial charge in [0.1, 0.15) is 0 Å². The van der Waals surface area contributed by atoms with Gasteiger partial charge in [0.15, 0.2) is 0 Å². The molecule has 2 atom stereocenters. The van der Waals surface area contributed by atoms with Crippen LogP contribution in [0.25, 0.3) is 0 Å². The topological polar surface area (TPSA) is 78.7 Å². The molecule has 0 saturated carbocycles. The minimum absolute atomic E-state index is 0.230. The molecule has 2 aromatic rings. The van der Waals surface area contributed by atoms with E-state index in [0.29, 0.717) is 24.9 Å². The molecule has 2 aliphatic rings. The highest BCUT2D eigenvalue weighted by Crippen LogP contribution is 2.49. The molecule has 0 aliphatic carbocycles. The van der Waals surface area contributed by atoms with Crippen molar-refractivity contribution in [1.82, 2.24) is 5.32 Å². The number of nitrogens with zero attached hydrogens (tertiary/aromatic N) is 2. The second-order valence-electron chi connectivity index (χ2n) is 8.04. The number of carbonyl (C=O) groups excluding carboxylic acids is 2. The van der Waals surface area contributed by atoms with Crippen LogP contribution < -0.4 is 20.9 Å². The minimum Gasteiger partial charge on any atom is -0.366 e. The lowest BCUT2D eigenvalue weighted by molar-refractivity contribution is -0.174. The standard InChI is InChI=1S/C22H23F3N4O2/c1-12-4-3-5-16-19(12)18-11-14(27-21(31)22(23,24)25)8-9-29(18)15-7-6-13(20(26)30)10-17(15)28(16)2/h3-7,10,14,18H,8-9,11H2,1-2H3,(H2,26,30)(H,27,31)/t14-,18+/m0/s1. The Bertz CT molecular complexity index is 1050. The third-order valence-corrected chi connectivity index (χ3v) is 6.12. The second-order valence-corrected chi connectivity index (χ2v) is 8.04. The van der Waals surface area contributed by atoms with Crippen molar-refractivity contribution < 1.29 is 22.8 Å². The maximum absolute atomic E-state index is 12.8. The summed E-state index contributed by atoms with van der Waals surface area (Å²) in [6, 6.07) is 10.2. The fourth-order valence-corrected chi connectivity index (χ4v) is 4.63. The van der Waals surface area contributed by atoms with Gasteiger partial charge in [-0.15, -0.1) is 0 Å². The van der Waals surface area contributed by atoms with Crippen molar-refractivity contribution in [2.75, 3.05) is 23.4 Å². The molecule has 6 nitrogen and oxygen atoms in total. The summed E-state index contributed by atoms with van der Waals surface area (Å²) in [6.07, 6.45) is -4.20. The van der Waals surface area contributed by atoms with E-state index in [4.69, 9.17) is 5.73 Å². The number of alkyl halides is 3. The van der Waals surface area contributed by atoms with Crippen molar-refractivity contribution >= 4 is 28.9 Å². The molecule has 3 N–H and O–H groups in total. The van der Waals surface area contributed by atoms with Gasteiger partial charge in [0.05, 0.1) is 17.4 Å². The van der Waals surface area contributed by atoms with Crippen molar-refractivity contribution in [3.05, 3.63) is 53.1 Å². The molecule has 9 heteroatoms. The van der Waals surface area contributed by atoms with Crippen LogP contribution in [0, 0.1) is 6.92 Å². The second kappa shape index (κ2) is 7.47. The third kappa shape index (κ3) is 3.68. The summed E-state index contributed by atoms with van der Waals surface area (Å²) in [5.41, 5.74) is 10.4. The predicted molar refractivity (Wildman–Crippen MR) is 112 cm³/mol. The molecule has 2 aliphatic heterocycles. The monoisotopic (exact) mass is 432 g/mol. The van der Waals surface area contributed by atoms with E-state index in [1.165, 1.54) is 0 Å². The van der Waals surface area contributed by atoms with E-state index >= 15 is 0 Å². The Labute approximate surface area is 177 Å². The van der Waals surface area contributed by atoms with Gasteiger partial charge in [-0.05, 0) is 49.6 Å². The average Bonchev–Trinajstić information content (AvgIpc) is 2.81. The average molecular weight is 432 g/mol. The van der Waals surface area contributed by atoms with Crippen LogP contribution >= 0.6 is 0 Å². The summed E-state index contributed by atoms with van der Waals surface area (Å²) in [5.74, 6) is -2.44. The first-order valence-corrected chi connectivity index (χ1v) is 9.99. The van der Waals surface area contributed by atoms with Crippen LogP contribution in [0.5, 0.6) is 0 Å². The summed E-state index contributed by atoms with van der Waals surface area (Å²) in [5, 5.41) is 2.16. The molecule has 0 unspecified atom stereocenters. The summed E-state index contributed by atoms with van der Waals surface area (Å²) in [4.78, 5) is 27.4. The highest BCUT2D eigenvalue weighted by Gasteiger charge is 2.42. The lowest BCUT2D eigenvalue weighted by Gasteiger charge is -2.41. The van der Waals surface area contributed by atoms with Gasteiger partial charge in [0.25, 0.3) is 0 Å². The zero-order valence-corrected chi connectivity index (χ0v) is 17.2. The van der Waals surface area contributed by atoms with Gasteiger partial charge in [0, 0.05) is 36.4 Å². The lowest BCUT2D eigenvalue weighted by atomic mass is 9.88. The fourth-order valence-electron chi connectivity index (χ4n) is 4.63. The van der Waals surface area contributed by atoms with Crippen molar-refractivity contribution in [3.8, 4) is 0 Å². The van der Waals surface area contributed by atoms with E-state index in [0.717, 1.165) is 28.2 Å². The Hall–Kier alpha value is -3.23. The van der Waals surface area contributed by atoms with Crippen LogP contribution in [0.4, 0.5) is 30.2 Å². The Morgan fingerprint density at radius 3 is 2.55 bits per heavy atom. The van der Waals surface area contributed by atoms with Gasteiger partial charge < -0.3 is 20.9 Å². The molecule has 0 spiro atoms. The van der Waals surface area contributed by atoms with Crippen LogP contribution in [0.15, 0.2) is 36.4 Å². The van der Waals surface area contributed by atoms with E-state index < -0.39 is 24.0 Å². The molecule has 4 rings (SSSR count). The first-order valence-electron chi connectivity index (χ1n) is 9.99. The number of carbonyl (C=O) groups is 2. The van der Waals surface area contributed by atoms with Crippen molar-refractivity contribution in [3.63, 3.8) is 0 Å². The Morgan fingerprint density at radius 2 is 1.87 bits per heavy atom. The van der Waals surface area contributed by atoms with Crippen LogP contribution in [-0.2, 0) is 4.79 Å². The van der Waals surface area contributed by atoms with Crippen molar-refractivity contribution in [2.24, 2.45) is 5.73 Å². The number of halogens is 3. The number of fused-ring (bicyclic) bond motifs is 5. The molecule has 0 radical (unpaired) electrons. The van der Waals surface area contributed by atoms with E-state index in [1.54, 1.807) is 12.1 Å². The summed E-state index contributed by atoms with van der Waals surface area (Å²) in [6.45, 7) is 2.42. The number of anilines is 3. The Morgan fingerprint density at radius 1 is 1.13 bits per heavy atom. The molecule has 2 aromatic carbocycles. The van der Waals surface area contributed by atoms with E-state index in [1.807, 2.05) is 43.1 Å². The maximum Gasteiger partial charge on any atom is 0.471 e. The molecule has 2 amide bonds. The maximum atomic E-state index is 12.8. The highest BCUT2D eigenvalue weighted by atomic mass is 19.4. The van der Waals surface area contributed by atoms with Crippen LogP contribution in [0.2, 0.25) is 0 Å². The van der Waals surface area contributed by atoms with Crippen LogP contribution in [0.3, 0.4) is 0 Å². The Kier molecular flexibility index (Phi) is 5.07. The molecule has 164 valence electrons. The number of rotatable bonds is 2. The largest absolute Gasteiger partial charge is 0.471 e. The quantitative estimate of drug-likeness (QED) is 0.761. The van der Waals surface area contributed by atoms with Crippen LogP contribution in [-0.4, -0.2) is 37.6 Å². The van der Waals surface area contributed by atoms with Gasteiger partial charge in [-0.2, -0.15) is 13.2 Å². The smallest absolute Gasteiger partial charge is 0.366 e. The first-order chi connectivity index (χ1) is 14.6. The van der Waals surface area contributed by atoms with Gasteiger partial charge in [-0.1, -0.05) is 12.1 Å². The number of nitrogens with two attached hydrogens (primary N) is 1. The molecule has 0 bridgehead atoms. The summed E-state index contributed by atoms with van der Waals surface area (Å²) >= 11 is 0. The predicted octanol–water partition coefficient (Wildman–Crippen LogP) is 3.56. The SMILES string of the molecule is Cc1cccc2c1[C@H]1C[C@@H](NC(=O)C(F)(F)F)CCN1c1ccc(C(N)=O)cc1N2C. The zero-order chi connectivity index (χ0) is 22.5. The minimum atomic E-state index is -4.91. The molecule has 1 saturated heterocycles. The number of hydrogen-bond donors (Lipinski definition) is 2. The van der Waals surface area contributed by atoms with E-state index in [2.05, 4.69) is 10.2 Å². The number of primary amides is 1. The number of hydrogen-bond acceptors (Lipinski definition) is 4. The van der Waals surface area contributed by atoms with Crippen molar-refractivity contribution in [1.29, 1.82) is 0 Å². The molecule has 31 heavy (non-hydrogen) atoms. The van der Waals surface area contributed by atoms with Crippen LogP contribution in [0.1, 0.15) is 40.4 Å². The Balaban J connectivity index is 1.79. The third-order valence-electron chi connectivity index (χ3n) is 6.12. The molecule has 2 heterocycles. The number of aryl methyl sites for hydroxylation is 1. The van der Waals surface area contributed by atoms with E-state index in [9.17, 15) is 22.8 Å². The van der Waals surface area contributed by atoms with Gasteiger partial charge in [0.2, 0.25) is 5.91 Å². The molecular formula is C22H23F3N4O2. The number of benzene rings is 2. The van der Waals surface area contributed by atoms with Gasteiger partial charge in [-0.25, -0.2) is 0 Å².